The molecule has 0 amide bonds. The minimum Gasteiger partial charge on any atom is -0.481 e. The first-order valence-electron chi connectivity index (χ1n) is 5.32. The van der Waals surface area contributed by atoms with E-state index in [1.165, 1.54) is 12.1 Å². The number of carboxylic acids is 1. The van der Waals surface area contributed by atoms with Crippen LogP contribution in [0.2, 0.25) is 5.02 Å². The lowest BCUT2D eigenvalue weighted by Crippen LogP contribution is -2.50. The van der Waals surface area contributed by atoms with E-state index in [9.17, 15) is 14.9 Å². The number of aliphatic carboxylic acids is 1. The van der Waals surface area contributed by atoms with Crippen LogP contribution in [0.25, 0.3) is 0 Å². The third-order valence-electron chi connectivity index (χ3n) is 3.03. The average Bonchev–Trinajstić information content (AvgIpc) is 2.19. The van der Waals surface area contributed by atoms with E-state index in [1.807, 2.05) is 4.90 Å². The first kappa shape index (κ1) is 12.6. The maximum absolute atomic E-state index is 10.7. The van der Waals surface area contributed by atoms with Crippen LogP contribution in [0.5, 0.6) is 0 Å². The minimum atomic E-state index is -0.822. The highest BCUT2D eigenvalue weighted by Gasteiger charge is 2.34. The van der Waals surface area contributed by atoms with Crippen LogP contribution >= 0.6 is 11.6 Å². The molecule has 1 saturated heterocycles. The van der Waals surface area contributed by atoms with Crippen molar-refractivity contribution in [3.63, 3.8) is 0 Å². The van der Waals surface area contributed by atoms with E-state index >= 15 is 0 Å². The van der Waals surface area contributed by atoms with E-state index in [2.05, 4.69) is 0 Å². The quantitative estimate of drug-likeness (QED) is 0.671. The molecule has 0 spiro atoms. The van der Waals surface area contributed by atoms with Crippen molar-refractivity contribution in [3.8, 4) is 0 Å². The van der Waals surface area contributed by atoms with E-state index in [4.69, 9.17) is 16.7 Å². The molecule has 0 atom stereocenters. The molecular formula is C11H11ClN2O4. The van der Waals surface area contributed by atoms with Crippen molar-refractivity contribution >= 4 is 28.9 Å². The molecule has 0 saturated carbocycles. The molecule has 1 fully saturated rings. The summed E-state index contributed by atoms with van der Waals surface area (Å²) in [6.45, 7) is 2.56. The summed E-state index contributed by atoms with van der Waals surface area (Å²) < 4.78 is 0. The molecule has 1 heterocycles. The van der Waals surface area contributed by atoms with Crippen LogP contribution < -0.4 is 4.90 Å². The zero-order valence-corrected chi connectivity index (χ0v) is 10.3. The van der Waals surface area contributed by atoms with Crippen molar-refractivity contribution in [1.29, 1.82) is 0 Å². The largest absolute Gasteiger partial charge is 0.481 e. The summed E-state index contributed by atoms with van der Waals surface area (Å²) in [6, 6.07) is 2.93. The highest BCUT2D eigenvalue weighted by molar-refractivity contribution is 6.33. The summed E-state index contributed by atoms with van der Waals surface area (Å²) in [5.74, 6) is -1.20. The monoisotopic (exact) mass is 270 g/mol. The number of carboxylic acid groups (broad SMARTS) is 1. The van der Waals surface area contributed by atoms with Crippen LogP contribution in [0.15, 0.2) is 12.1 Å². The number of anilines is 1. The molecule has 0 unspecified atom stereocenters. The van der Waals surface area contributed by atoms with Crippen molar-refractivity contribution < 1.29 is 14.8 Å². The smallest absolute Gasteiger partial charge is 0.310 e. The third-order valence-corrected chi connectivity index (χ3v) is 3.34. The highest BCUT2D eigenvalue weighted by atomic mass is 35.5. The molecule has 0 bridgehead atoms. The van der Waals surface area contributed by atoms with Crippen molar-refractivity contribution in [3.05, 3.63) is 32.8 Å². The summed E-state index contributed by atoms with van der Waals surface area (Å²) in [6.07, 6.45) is 0. The van der Waals surface area contributed by atoms with Crippen LogP contribution in [-0.2, 0) is 4.79 Å². The Morgan fingerprint density at radius 3 is 2.67 bits per heavy atom. The molecule has 18 heavy (non-hydrogen) atoms. The maximum atomic E-state index is 10.7. The van der Waals surface area contributed by atoms with Crippen molar-refractivity contribution in [1.82, 2.24) is 0 Å². The number of nitrogens with zero attached hydrogens (tertiary/aromatic N) is 2. The SMILES string of the molecule is Cc1cc([N+](=O)[O-])c(Cl)cc1N1CC(C(=O)O)C1. The van der Waals surface area contributed by atoms with E-state index in [0.29, 0.717) is 13.1 Å². The number of rotatable bonds is 3. The van der Waals surface area contributed by atoms with Crippen molar-refractivity contribution in [2.45, 2.75) is 6.92 Å². The molecule has 6 nitrogen and oxygen atoms in total. The Bertz CT molecular complexity index is 526. The zero-order chi connectivity index (χ0) is 13.4. The standard InChI is InChI=1S/C11H11ClN2O4/c1-6-2-10(14(17)18)8(12)3-9(6)13-4-7(5-13)11(15)16/h2-3,7H,4-5H2,1H3,(H,15,16). The number of aryl methyl sites for hydroxylation is 1. The van der Waals surface area contributed by atoms with Gasteiger partial charge in [-0.15, -0.1) is 0 Å². The van der Waals surface area contributed by atoms with Gasteiger partial charge >= 0.3 is 5.97 Å². The van der Waals surface area contributed by atoms with Gasteiger partial charge in [0.1, 0.15) is 5.02 Å². The second kappa shape index (κ2) is 4.45. The maximum Gasteiger partial charge on any atom is 0.310 e. The van der Waals surface area contributed by atoms with E-state index in [0.717, 1.165) is 11.3 Å². The Hall–Kier alpha value is -1.82. The molecule has 2 rings (SSSR count). The number of carbonyl (C=O) groups is 1. The number of benzene rings is 1. The number of halogens is 1. The molecule has 1 aliphatic heterocycles. The van der Waals surface area contributed by atoms with Crippen LogP contribution in [0.4, 0.5) is 11.4 Å². The van der Waals surface area contributed by atoms with Crippen LogP contribution in [-0.4, -0.2) is 29.1 Å². The van der Waals surface area contributed by atoms with E-state index < -0.39 is 10.9 Å². The molecule has 1 aliphatic rings. The van der Waals surface area contributed by atoms with Crippen LogP contribution in [0, 0.1) is 23.0 Å². The van der Waals surface area contributed by atoms with Gasteiger partial charge in [-0.25, -0.2) is 0 Å². The lowest BCUT2D eigenvalue weighted by atomic mass is 9.98. The number of nitro groups is 1. The molecule has 1 N–H and O–H groups in total. The predicted molar refractivity (Wildman–Crippen MR) is 66.2 cm³/mol. The van der Waals surface area contributed by atoms with Gasteiger partial charge in [0, 0.05) is 24.8 Å². The summed E-state index contributed by atoms with van der Waals surface area (Å²) >= 11 is 5.84. The first-order chi connectivity index (χ1) is 8.40. The van der Waals surface area contributed by atoms with E-state index in [-0.39, 0.29) is 16.6 Å². The molecule has 1 aromatic carbocycles. The number of nitro benzene ring substituents is 1. The average molecular weight is 271 g/mol. The highest BCUT2D eigenvalue weighted by Crippen LogP contribution is 2.35. The summed E-state index contributed by atoms with van der Waals surface area (Å²) in [7, 11) is 0. The van der Waals surface area contributed by atoms with Gasteiger partial charge < -0.3 is 10.0 Å². The molecule has 0 radical (unpaired) electrons. The molecule has 0 aromatic heterocycles. The van der Waals surface area contributed by atoms with E-state index in [1.54, 1.807) is 6.92 Å². The van der Waals surface area contributed by atoms with Gasteiger partial charge in [-0.2, -0.15) is 0 Å². The fourth-order valence-electron chi connectivity index (χ4n) is 1.97. The van der Waals surface area contributed by atoms with Gasteiger partial charge in [-0.05, 0) is 18.6 Å². The lowest BCUT2D eigenvalue weighted by Gasteiger charge is -2.39. The predicted octanol–water partition coefficient (Wildman–Crippen LogP) is 2.08. The Morgan fingerprint density at radius 1 is 1.56 bits per heavy atom. The minimum absolute atomic E-state index is 0.0689. The van der Waals surface area contributed by atoms with Crippen LogP contribution in [0.3, 0.4) is 0 Å². The second-order valence-corrected chi connectivity index (χ2v) is 4.69. The van der Waals surface area contributed by atoms with Crippen LogP contribution in [0.1, 0.15) is 5.56 Å². The van der Waals surface area contributed by atoms with Gasteiger partial charge in [-0.3, -0.25) is 14.9 Å². The molecule has 96 valence electrons. The summed E-state index contributed by atoms with van der Waals surface area (Å²) in [4.78, 5) is 22.7. The fraction of sp³-hybridized carbons (Fsp3) is 0.364. The molecule has 1 aromatic rings. The Balaban J connectivity index is 2.24. The number of hydrogen-bond acceptors (Lipinski definition) is 4. The normalized spacial score (nSPS) is 15.3. The Kier molecular flexibility index (Phi) is 3.13. The molecular weight excluding hydrogens is 260 g/mol. The lowest BCUT2D eigenvalue weighted by molar-refractivity contribution is -0.384. The fourth-order valence-corrected chi connectivity index (χ4v) is 2.19. The first-order valence-corrected chi connectivity index (χ1v) is 5.70. The zero-order valence-electron chi connectivity index (χ0n) is 9.59. The third kappa shape index (κ3) is 2.11. The van der Waals surface area contributed by atoms with Crippen molar-refractivity contribution in [2.24, 2.45) is 5.92 Å². The second-order valence-electron chi connectivity index (χ2n) is 4.29. The van der Waals surface area contributed by atoms with Gasteiger partial charge in [0.2, 0.25) is 0 Å². The van der Waals surface area contributed by atoms with Gasteiger partial charge in [-0.1, -0.05) is 11.6 Å². The van der Waals surface area contributed by atoms with Gasteiger partial charge in [0.15, 0.2) is 0 Å². The summed E-state index contributed by atoms with van der Waals surface area (Å²) in [5, 5.41) is 19.6. The van der Waals surface area contributed by atoms with Gasteiger partial charge in [0.05, 0.1) is 10.8 Å². The summed E-state index contributed by atoms with van der Waals surface area (Å²) in [5.41, 5.74) is 1.34. The topological polar surface area (TPSA) is 83.7 Å². The Labute approximate surface area is 108 Å². The molecule has 7 heteroatoms. The van der Waals surface area contributed by atoms with Crippen molar-refractivity contribution in [2.75, 3.05) is 18.0 Å². The Morgan fingerprint density at radius 2 is 2.17 bits per heavy atom. The van der Waals surface area contributed by atoms with Gasteiger partial charge in [0.25, 0.3) is 5.69 Å². The molecule has 0 aliphatic carbocycles. The number of hydrogen-bond donors (Lipinski definition) is 1.